The normalized spacial score (nSPS) is 18.7. The molecule has 29 heavy (non-hydrogen) atoms. The van der Waals surface area contributed by atoms with Crippen molar-refractivity contribution in [3.63, 3.8) is 0 Å². The van der Waals surface area contributed by atoms with Gasteiger partial charge >= 0.3 is 11.9 Å². The fourth-order valence-electron chi connectivity index (χ4n) is 3.48. The van der Waals surface area contributed by atoms with Crippen LogP contribution < -0.4 is 4.74 Å². The number of esters is 2. The van der Waals surface area contributed by atoms with E-state index < -0.39 is 11.8 Å². The molecule has 0 atom stereocenters. The second kappa shape index (κ2) is 10.0. The van der Waals surface area contributed by atoms with Crippen molar-refractivity contribution in [3.8, 4) is 5.75 Å². The van der Waals surface area contributed by atoms with Crippen molar-refractivity contribution in [3.05, 3.63) is 65.5 Å². The molecule has 0 N–H and O–H groups in total. The van der Waals surface area contributed by atoms with Gasteiger partial charge in [-0.25, -0.2) is 9.18 Å². The number of ether oxygens (including phenoxy) is 3. The lowest BCUT2D eigenvalue weighted by Gasteiger charge is -2.28. The van der Waals surface area contributed by atoms with Crippen molar-refractivity contribution < 1.29 is 28.2 Å². The van der Waals surface area contributed by atoms with Gasteiger partial charge in [-0.3, -0.25) is 4.79 Å². The second-order valence-corrected chi connectivity index (χ2v) is 7.25. The summed E-state index contributed by atoms with van der Waals surface area (Å²) in [4.78, 5) is 23.5. The Hall–Kier alpha value is -2.89. The molecule has 1 fully saturated rings. The van der Waals surface area contributed by atoms with Crippen LogP contribution in [0.25, 0.3) is 0 Å². The van der Waals surface area contributed by atoms with Gasteiger partial charge in [0.25, 0.3) is 0 Å². The molecule has 3 rings (SSSR count). The first-order chi connectivity index (χ1) is 14.0. The predicted molar refractivity (Wildman–Crippen MR) is 105 cm³/mol. The van der Waals surface area contributed by atoms with E-state index in [4.69, 9.17) is 14.2 Å². The largest absolute Gasteiger partial charge is 0.487 e. The van der Waals surface area contributed by atoms with Gasteiger partial charge in [0.2, 0.25) is 0 Å². The number of methoxy groups -OCH3 is 1. The molecule has 6 heteroatoms. The predicted octanol–water partition coefficient (Wildman–Crippen LogP) is 4.68. The zero-order chi connectivity index (χ0) is 20.6. The van der Waals surface area contributed by atoms with Gasteiger partial charge in [-0.05, 0) is 55.4 Å². The lowest BCUT2D eigenvalue weighted by atomic mass is 9.85. The van der Waals surface area contributed by atoms with Gasteiger partial charge in [-0.2, -0.15) is 0 Å². The summed E-state index contributed by atoms with van der Waals surface area (Å²) in [5.41, 5.74) is 1.01. The highest BCUT2D eigenvalue weighted by Crippen LogP contribution is 2.31. The van der Waals surface area contributed by atoms with E-state index in [1.807, 2.05) is 30.3 Å². The smallest absolute Gasteiger partial charge is 0.338 e. The van der Waals surface area contributed by atoms with Crippen LogP contribution in [0, 0.1) is 11.7 Å². The van der Waals surface area contributed by atoms with E-state index in [-0.39, 0.29) is 35.9 Å². The van der Waals surface area contributed by atoms with E-state index in [1.165, 1.54) is 19.2 Å². The Labute approximate surface area is 169 Å². The molecule has 2 aromatic rings. The summed E-state index contributed by atoms with van der Waals surface area (Å²) >= 11 is 0. The molecule has 2 aromatic carbocycles. The summed E-state index contributed by atoms with van der Waals surface area (Å²) in [6, 6.07) is 13.4. The lowest BCUT2D eigenvalue weighted by Crippen LogP contribution is -2.26. The Morgan fingerprint density at radius 1 is 1.03 bits per heavy atom. The summed E-state index contributed by atoms with van der Waals surface area (Å²) in [6.45, 7) is 0.133. The number of carbonyl (C=O) groups is 2. The summed E-state index contributed by atoms with van der Waals surface area (Å²) in [5, 5.41) is 0. The minimum absolute atomic E-state index is 0.103. The molecule has 1 aliphatic carbocycles. The maximum Gasteiger partial charge on any atom is 0.338 e. The number of halogens is 1. The van der Waals surface area contributed by atoms with Gasteiger partial charge in [0.15, 0.2) is 11.6 Å². The van der Waals surface area contributed by atoms with Crippen LogP contribution in [-0.4, -0.2) is 25.2 Å². The standard InChI is InChI=1S/C23H25FO5/c1-27-22(25)13-16-7-10-19(11-8-16)29-21-12-9-18(14-20(21)24)23(26)28-15-17-5-3-2-4-6-17/h2-6,9,12,14,16,19H,7-8,10-11,13,15H2,1H3. The Morgan fingerprint density at radius 2 is 1.76 bits per heavy atom. The Bertz CT molecular complexity index is 828. The van der Waals surface area contributed by atoms with Crippen LogP contribution in [0.15, 0.2) is 48.5 Å². The minimum Gasteiger partial charge on any atom is -0.487 e. The molecule has 0 spiro atoms. The van der Waals surface area contributed by atoms with Crippen molar-refractivity contribution in [2.45, 2.75) is 44.8 Å². The first-order valence-electron chi connectivity index (χ1n) is 9.79. The second-order valence-electron chi connectivity index (χ2n) is 7.25. The van der Waals surface area contributed by atoms with Crippen molar-refractivity contribution in [2.24, 2.45) is 5.92 Å². The maximum absolute atomic E-state index is 14.4. The topological polar surface area (TPSA) is 61.8 Å². The molecule has 1 saturated carbocycles. The number of rotatable bonds is 7. The van der Waals surface area contributed by atoms with Gasteiger partial charge < -0.3 is 14.2 Å². The highest BCUT2D eigenvalue weighted by molar-refractivity contribution is 5.89. The molecule has 154 valence electrons. The number of carbonyl (C=O) groups excluding carboxylic acids is 2. The van der Waals surface area contributed by atoms with E-state index in [9.17, 15) is 14.0 Å². The number of benzene rings is 2. The zero-order valence-corrected chi connectivity index (χ0v) is 16.4. The van der Waals surface area contributed by atoms with Crippen LogP contribution >= 0.6 is 0 Å². The third kappa shape index (κ3) is 6.04. The molecule has 0 saturated heterocycles. The first-order valence-corrected chi connectivity index (χ1v) is 9.79. The fraction of sp³-hybridized carbons (Fsp3) is 0.391. The van der Waals surface area contributed by atoms with Gasteiger partial charge in [0, 0.05) is 6.42 Å². The van der Waals surface area contributed by atoms with E-state index >= 15 is 0 Å². The first kappa shape index (κ1) is 20.8. The summed E-state index contributed by atoms with van der Waals surface area (Å²) < 4.78 is 30.1. The van der Waals surface area contributed by atoms with Gasteiger partial charge in [-0.15, -0.1) is 0 Å². The van der Waals surface area contributed by atoms with Gasteiger partial charge in [0.05, 0.1) is 18.8 Å². The molecule has 0 radical (unpaired) electrons. The van der Waals surface area contributed by atoms with Crippen LogP contribution in [-0.2, 0) is 20.9 Å². The number of hydrogen-bond acceptors (Lipinski definition) is 5. The van der Waals surface area contributed by atoms with Gasteiger partial charge in [-0.1, -0.05) is 30.3 Å². The molecule has 0 amide bonds. The van der Waals surface area contributed by atoms with Crippen LogP contribution in [0.3, 0.4) is 0 Å². The van der Waals surface area contributed by atoms with E-state index in [0.717, 1.165) is 37.3 Å². The highest BCUT2D eigenvalue weighted by atomic mass is 19.1. The zero-order valence-electron chi connectivity index (χ0n) is 16.4. The summed E-state index contributed by atoms with van der Waals surface area (Å²) in [6.07, 6.45) is 3.49. The average Bonchev–Trinajstić information content (AvgIpc) is 2.75. The van der Waals surface area contributed by atoms with Gasteiger partial charge in [0.1, 0.15) is 6.61 Å². The SMILES string of the molecule is COC(=O)CC1CCC(Oc2ccc(C(=O)OCc3ccccc3)cc2F)CC1. The summed E-state index contributed by atoms with van der Waals surface area (Å²) in [5.74, 6) is -0.955. The van der Waals surface area contributed by atoms with Crippen molar-refractivity contribution in [1.82, 2.24) is 0 Å². The van der Waals surface area contributed by atoms with Crippen LogP contribution in [0.4, 0.5) is 4.39 Å². The molecule has 0 bridgehead atoms. The minimum atomic E-state index is -0.587. The number of hydrogen-bond donors (Lipinski definition) is 0. The maximum atomic E-state index is 14.4. The third-order valence-corrected chi connectivity index (χ3v) is 5.15. The van der Waals surface area contributed by atoms with Crippen LogP contribution in [0.5, 0.6) is 5.75 Å². The Balaban J connectivity index is 1.50. The Kier molecular flexibility index (Phi) is 7.22. The average molecular weight is 400 g/mol. The quantitative estimate of drug-likeness (QED) is 0.632. The summed E-state index contributed by atoms with van der Waals surface area (Å²) in [7, 11) is 1.39. The molecule has 1 aliphatic rings. The van der Waals surface area contributed by atoms with E-state index in [2.05, 4.69) is 0 Å². The Morgan fingerprint density at radius 3 is 2.41 bits per heavy atom. The molecular formula is C23H25FO5. The van der Waals surface area contributed by atoms with Crippen LogP contribution in [0.1, 0.15) is 48.0 Å². The molecular weight excluding hydrogens is 375 g/mol. The van der Waals surface area contributed by atoms with Crippen molar-refractivity contribution in [1.29, 1.82) is 0 Å². The molecule has 0 aromatic heterocycles. The van der Waals surface area contributed by atoms with Crippen molar-refractivity contribution >= 4 is 11.9 Å². The van der Waals surface area contributed by atoms with E-state index in [1.54, 1.807) is 0 Å². The van der Waals surface area contributed by atoms with Crippen LogP contribution in [0.2, 0.25) is 0 Å². The third-order valence-electron chi connectivity index (χ3n) is 5.15. The lowest BCUT2D eigenvalue weighted by molar-refractivity contribution is -0.142. The van der Waals surface area contributed by atoms with E-state index in [0.29, 0.717) is 6.42 Å². The monoisotopic (exact) mass is 400 g/mol. The molecule has 0 aliphatic heterocycles. The molecule has 0 unspecified atom stereocenters. The molecule has 5 nitrogen and oxygen atoms in total. The molecule has 0 heterocycles. The highest BCUT2D eigenvalue weighted by Gasteiger charge is 2.25. The fourth-order valence-corrected chi connectivity index (χ4v) is 3.48. The van der Waals surface area contributed by atoms with Crippen molar-refractivity contribution in [2.75, 3.05) is 7.11 Å².